The van der Waals surface area contributed by atoms with E-state index in [4.69, 9.17) is 4.74 Å². The van der Waals surface area contributed by atoms with E-state index >= 15 is 0 Å². The first-order valence-corrected chi connectivity index (χ1v) is 8.84. The van der Waals surface area contributed by atoms with Gasteiger partial charge in [-0.1, -0.05) is 30.3 Å². The van der Waals surface area contributed by atoms with Crippen molar-refractivity contribution in [3.8, 4) is 0 Å². The summed E-state index contributed by atoms with van der Waals surface area (Å²) in [6.45, 7) is 3.33. The first kappa shape index (κ1) is 16.7. The van der Waals surface area contributed by atoms with Gasteiger partial charge in [-0.3, -0.25) is 4.79 Å². The molecule has 22 heavy (non-hydrogen) atoms. The molecule has 2 rings (SSSR count). The molecule has 118 valence electrons. The van der Waals surface area contributed by atoms with Crippen LogP contribution in [0.15, 0.2) is 46.7 Å². The zero-order chi connectivity index (χ0) is 16.4. The number of thiophene rings is 1. The fraction of sp³-hybridized carbons (Fsp3) is 0.267. The van der Waals surface area contributed by atoms with Crippen molar-refractivity contribution in [3.05, 3.63) is 52.9 Å². The third kappa shape index (κ3) is 3.21. The summed E-state index contributed by atoms with van der Waals surface area (Å²) in [5, 5.41) is 0. The van der Waals surface area contributed by atoms with Crippen LogP contribution in [-0.4, -0.2) is 21.4 Å². The maximum absolute atomic E-state index is 12.5. The van der Waals surface area contributed by atoms with E-state index in [9.17, 15) is 13.2 Å². The van der Waals surface area contributed by atoms with Gasteiger partial charge in [0.05, 0.1) is 0 Å². The largest absolute Gasteiger partial charge is 0.364 e. The minimum Gasteiger partial charge on any atom is -0.364 e. The molecule has 7 heteroatoms. The smallest absolute Gasteiger partial charge is 0.273 e. The first-order chi connectivity index (χ1) is 10.3. The number of aryl methyl sites for hydroxylation is 1. The van der Waals surface area contributed by atoms with Gasteiger partial charge in [0.2, 0.25) is 0 Å². The van der Waals surface area contributed by atoms with Crippen molar-refractivity contribution in [2.75, 3.05) is 7.11 Å². The maximum atomic E-state index is 12.5. The van der Waals surface area contributed by atoms with E-state index < -0.39 is 21.5 Å². The average Bonchev–Trinajstić information content (AvgIpc) is 2.94. The molecule has 0 unspecified atom stereocenters. The van der Waals surface area contributed by atoms with Gasteiger partial charge in [-0.25, -0.2) is 13.1 Å². The number of ether oxygens (including phenoxy) is 1. The molecular formula is C15H17NO4S2. The van der Waals surface area contributed by atoms with Gasteiger partial charge in [0.1, 0.15) is 4.21 Å². The second-order valence-electron chi connectivity index (χ2n) is 4.90. The summed E-state index contributed by atoms with van der Waals surface area (Å²) in [5.41, 5.74) is -0.812. The summed E-state index contributed by atoms with van der Waals surface area (Å²) < 4.78 is 32.0. The second-order valence-corrected chi connectivity index (χ2v) is 8.10. The lowest BCUT2D eigenvalue weighted by molar-refractivity contribution is -0.140. The zero-order valence-corrected chi connectivity index (χ0v) is 14.1. The quantitative estimate of drug-likeness (QED) is 0.908. The molecule has 0 bridgehead atoms. The standard InChI is InChI=1S/C15H17NO4S2/c1-11-9-10-13(21-11)22(18,19)16-14(17)15(2,20-3)12-7-5-4-6-8-12/h4-10H,1-3H3,(H,16,17)/t15-/m1/s1. The molecule has 0 spiro atoms. The Bertz CT molecular complexity index is 768. The Morgan fingerprint density at radius 1 is 1.18 bits per heavy atom. The molecule has 0 aliphatic heterocycles. The van der Waals surface area contributed by atoms with Crippen LogP contribution in [0.2, 0.25) is 0 Å². The number of amides is 1. The number of carbonyl (C=O) groups is 1. The van der Waals surface area contributed by atoms with Gasteiger partial charge < -0.3 is 4.74 Å². The number of hydrogen-bond donors (Lipinski definition) is 1. The van der Waals surface area contributed by atoms with Crippen molar-refractivity contribution in [1.29, 1.82) is 0 Å². The molecule has 0 aliphatic carbocycles. The SMILES string of the molecule is CO[C@@](C)(C(=O)NS(=O)(=O)c1ccc(C)s1)c1ccccc1. The molecule has 1 aromatic carbocycles. The maximum Gasteiger partial charge on any atom is 0.273 e. The van der Waals surface area contributed by atoms with E-state index in [0.717, 1.165) is 16.2 Å². The number of nitrogens with one attached hydrogen (secondary N) is 1. The summed E-state index contributed by atoms with van der Waals surface area (Å²) in [6, 6.07) is 11.9. The monoisotopic (exact) mass is 339 g/mol. The summed E-state index contributed by atoms with van der Waals surface area (Å²) >= 11 is 1.11. The van der Waals surface area contributed by atoms with Crippen molar-refractivity contribution in [3.63, 3.8) is 0 Å². The van der Waals surface area contributed by atoms with E-state index in [0.29, 0.717) is 5.56 Å². The van der Waals surface area contributed by atoms with Crippen LogP contribution in [0, 0.1) is 6.92 Å². The van der Waals surface area contributed by atoms with Crippen LogP contribution in [0.1, 0.15) is 17.4 Å². The third-order valence-electron chi connectivity index (χ3n) is 3.37. The van der Waals surface area contributed by atoms with Crippen LogP contribution in [0.25, 0.3) is 0 Å². The van der Waals surface area contributed by atoms with Gasteiger partial charge in [-0.2, -0.15) is 0 Å². The molecule has 1 N–H and O–H groups in total. The molecule has 1 atom stereocenters. The molecule has 0 radical (unpaired) electrons. The van der Waals surface area contributed by atoms with Gasteiger partial charge in [-0.15, -0.1) is 11.3 Å². The number of rotatable bonds is 5. The van der Waals surface area contributed by atoms with Crippen molar-refractivity contribution in [2.45, 2.75) is 23.7 Å². The summed E-state index contributed by atoms with van der Waals surface area (Å²) in [5.74, 6) is -0.729. The fourth-order valence-electron chi connectivity index (χ4n) is 1.92. The van der Waals surface area contributed by atoms with Crippen LogP contribution in [0.4, 0.5) is 0 Å². The van der Waals surface area contributed by atoms with Crippen LogP contribution in [0.5, 0.6) is 0 Å². The number of methoxy groups -OCH3 is 1. The molecule has 2 aromatic rings. The molecule has 0 saturated heterocycles. The minimum atomic E-state index is -3.90. The number of benzene rings is 1. The highest BCUT2D eigenvalue weighted by molar-refractivity contribution is 7.92. The Labute approximate surface area is 134 Å². The normalized spacial score (nSPS) is 14.3. The van der Waals surface area contributed by atoms with Gasteiger partial charge in [0.25, 0.3) is 15.9 Å². The summed E-state index contributed by atoms with van der Waals surface area (Å²) in [6.07, 6.45) is 0. The van der Waals surface area contributed by atoms with Gasteiger partial charge >= 0.3 is 0 Å². The Morgan fingerprint density at radius 2 is 1.82 bits per heavy atom. The van der Waals surface area contributed by atoms with Crippen molar-refractivity contribution in [2.24, 2.45) is 0 Å². The van der Waals surface area contributed by atoms with Gasteiger partial charge in [-0.05, 0) is 31.5 Å². The third-order valence-corrected chi connectivity index (χ3v) is 6.20. The van der Waals surface area contributed by atoms with Crippen LogP contribution in [-0.2, 0) is 25.2 Å². The van der Waals surface area contributed by atoms with E-state index in [1.807, 2.05) is 6.07 Å². The first-order valence-electron chi connectivity index (χ1n) is 6.54. The number of carbonyl (C=O) groups excluding carboxylic acids is 1. The van der Waals surface area contributed by atoms with E-state index in [-0.39, 0.29) is 4.21 Å². The van der Waals surface area contributed by atoms with Crippen molar-refractivity contribution in [1.82, 2.24) is 4.72 Å². The molecule has 1 aromatic heterocycles. The lowest BCUT2D eigenvalue weighted by atomic mass is 9.95. The van der Waals surface area contributed by atoms with Crippen molar-refractivity contribution < 1.29 is 17.9 Å². The second kappa shape index (κ2) is 6.20. The molecule has 1 amide bonds. The van der Waals surface area contributed by atoms with E-state index in [2.05, 4.69) is 4.72 Å². The van der Waals surface area contributed by atoms with Gasteiger partial charge in [0, 0.05) is 12.0 Å². The Kier molecular flexibility index (Phi) is 4.69. The molecule has 0 saturated carbocycles. The summed E-state index contributed by atoms with van der Waals surface area (Å²) in [7, 11) is -2.53. The summed E-state index contributed by atoms with van der Waals surface area (Å²) in [4.78, 5) is 13.3. The lowest BCUT2D eigenvalue weighted by Crippen LogP contribution is -2.45. The minimum absolute atomic E-state index is 0.102. The molecular weight excluding hydrogens is 322 g/mol. The van der Waals surface area contributed by atoms with E-state index in [1.54, 1.807) is 37.3 Å². The highest BCUT2D eigenvalue weighted by Crippen LogP contribution is 2.26. The van der Waals surface area contributed by atoms with E-state index in [1.165, 1.54) is 20.1 Å². The molecule has 0 aliphatic rings. The number of hydrogen-bond acceptors (Lipinski definition) is 5. The zero-order valence-electron chi connectivity index (χ0n) is 12.5. The Hall–Kier alpha value is -1.70. The van der Waals surface area contributed by atoms with Crippen LogP contribution >= 0.6 is 11.3 Å². The van der Waals surface area contributed by atoms with Crippen LogP contribution in [0.3, 0.4) is 0 Å². The molecule has 1 heterocycles. The fourth-order valence-corrected chi connectivity index (χ4v) is 4.26. The lowest BCUT2D eigenvalue weighted by Gasteiger charge is -2.26. The highest BCUT2D eigenvalue weighted by Gasteiger charge is 2.38. The topological polar surface area (TPSA) is 72.5 Å². The predicted molar refractivity (Wildman–Crippen MR) is 85.2 cm³/mol. The van der Waals surface area contributed by atoms with Crippen LogP contribution < -0.4 is 4.72 Å². The van der Waals surface area contributed by atoms with Gasteiger partial charge in [0.15, 0.2) is 5.60 Å². The average molecular weight is 339 g/mol. The molecule has 0 fully saturated rings. The highest BCUT2D eigenvalue weighted by atomic mass is 32.2. The molecule has 5 nitrogen and oxygen atoms in total. The van der Waals surface area contributed by atoms with Crippen molar-refractivity contribution >= 4 is 27.3 Å². The Morgan fingerprint density at radius 3 is 2.32 bits per heavy atom. The Balaban J connectivity index is 2.31. The number of sulfonamides is 1. The predicted octanol–water partition coefficient (Wildman–Crippen LogP) is 2.42.